The number of anilines is 1. The van der Waals surface area contributed by atoms with Crippen molar-refractivity contribution >= 4 is 17.4 Å². The second-order valence-corrected chi connectivity index (χ2v) is 6.70. The highest BCUT2D eigenvalue weighted by Gasteiger charge is 2.16. The summed E-state index contributed by atoms with van der Waals surface area (Å²) in [5, 5.41) is 5.13. The smallest absolute Gasteiger partial charge is 0.0340 e. The predicted octanol–water partition coefficient (Wildman–Crippen LogP) is 4.55. The first-order chi connectivity index (χ1) is 8.34. The minimum absolute atomic E-state index is 0.707. The highest BCUT2D eigenvalue weighted by Crippen LogP contribution is 2.30. The molecule has 1 saturated carbocycles. The third-order valence-corrected chi connectivity index (χ3v) is 4.83. The van der Waals surface area contributed by atoms with Gasteiger partial charge < -0.3 is 5.32 Å². The molecule has 1 N–H and O–H groups in total. The van der Waals surface area contributed by atoms with Crippen LogP contribution < -0.4 is 5.32 Å². The van der Waals surface area contributed by atoms with E-state index in [0.717, 1.165) is 11.8 Å². The van der Waals surface area contributed by atoms with Crippen molar-refractivity contribution in [3.8, 4) is 0 Å². The third-order valence-electron chi connectivity index (χ3n) is 3.34. The highest BCUT2D eigenvalue weighted by molar-refractivity contribution is 8.00. The normalized spacial score (nSPS) is 18.9. The van der Waals surface area contributed by atoms with Crippen LogP contribution in [0.1, 0.15) is 39.0 Å². The Labute approximate surface area is 109 Å². The molecule has 0 spiro atoms. The van der Waals surface area contributed by atoms with Crippen LogP contribution in [0.15, 0.2) is 30.3 Å². The summed E-state index contributed by atoms with van der Waals surface area (Å²) in [5.74, 6) is 0. The minimum Gasteiger partial charge on any atom is -0.384 e. The van der Waals surface area contributed by atoms with Gasteiger partial charge in [-0.2, -0.15) is 11.8 Å². The molecule has 94 valence electrons. The van der Waals surface area contributed by atoms with Crippen molar-refractivity contribution in [1.29, 1.82) is 0 Å². The number of rotatable bonds is 5. The molecule has 1 atom stereocenters. The first-order valence-corrected chi connectivity index (χ1v) is 7.73. The van der Waals surface area contributed by atoms with Crippen LogP contribution in [-0.4, -0.2) is 17.0 Å². The number of thioether (sulfide) groups is 1. The zero-order valence-electron chi connectivity index (χ0n) is 10.7. The summed E-state index contributed by atoms with van der Waals surface area (Å²) in [4.78, 5) is 0. The fraction of sp³-hybridized carbons (Fsp3) is 0.600. The Morgan fingerprint density at radius 2 is 1.88 bits per heavy atom. The number of benzene rings is 1. The van der Waals surface area contributed by atoms with E-state index in [1.54, 1.807) is 0 Å². The van der Waals surface area contributed by atoms with Crippen molar-refractivity contribution in [2.75, 3.05) is 11.9 Å². The topological polar surface area (TPSA) is 12.0 Å². The molecule has 17 heavy (non-hydrogen) atoms. The van der Waals surface area contributed by atoms with Crippen LogP contribution in [0.5, 0.6) is 0 Å². The number of hydrogen-bond donors (Lipinski definition) is 1. The summed E-state index contributed by atoms with van der Waals surface area (Å²) in [6.45, 7) is 3.42. The Hall–Kier alpha value is -0.630. The molecule has 1 aromatic rings. The second kappa shape index (κ2) is 6.95. The summed E-state index contributed by atoms with van der Waals surface area (Å²) in [6, 6.07) is 10.5. The zero-order valence-corrected chi connectivity index (χ0v) is 11.5. The zero-order chi connectivity index (χ0) is 11.9. The molecule has 0 saturated heterocycles. The SMILES string of the molecule is CC(CNc1ccccc1)SC1CCCCC1. The van der Waals surface area contributed by atoms with E-state index in [1.807, 2.05) is 0 Å². The van der Waals surface area contributed by atoms with Gasteiger partial charge in [0.05, 0.1) is 0 Å². The Balaban J connectivity index is 1.68. The van der Waals surface area contributed by atoms with Gasteiger partial charge in [-0.25, -0.2) is 0 Å². The molecule has 0 heterocycles. The van der Waals surface area contributed by atoms with Crippen LogP contribution in [0.4, 0.5) is 5.69 Å². The molecule has 1 aromatic carbocycles. The average Bonchev–Trinajstić information content (AvgIpc) is 2.39. The van der Waals surface area contributed by atoms with Gasteiger partial charge in [-0.3, -0.25) is 0 Å². The Morgan fingerprint density at radius 3 is 2.59 bits per heavy atom. The van der Waals surface area contributed by atoms with Crippen molar-refractivity contribution in [2.24, 2.45) is 0 Å². The van der Waals surface area contributed by atoms with Crippen LogP contribution in [-0.2, 0) is 0 Å². The Morgan fingerprint density at radius 1 is 1.18 bits per heavy atom. The first-order valence-electron chi connectivity index (χ1n) is 6.79. The molecule has 1 aliphatic rings. The van der Waals surface area contributed by atoms with E-state index in [9.17, 15) is 0 Å². The maximum absolute atomic E-state index is 3.51. The fourth-order valence-corrected chi connectivity index (χ4v) is 3.84. The molecular formula is C15H23NS. The monoisotopic (exact) mass is 249 g/mol. The maximum atomic E-state index is 3.51. The van der Waals surface area contributed by atoms with Crippen molar-refractivity contribution in [1.82, 2.24) is 0 Å². The molecule has 2 heteroatoms. The largest absolute Gasteiger partial charge is 0.384 e. The standard InChI is InChI=1S/C15H23NS/c1-13(17-15-10-6-3-7-11-15)12-16-14-8-4-2-5-9-14/h2,4-5,8-9,13,15-16H,3,6-7,10-12H2,1H3. The number of nitrogens with one attached hydrogen (secondary N) is 1. The number of hydrogen-bond acceptors (Lipinski definition) is 2. The van der Waals surface area contributed by atoms with E-state index < -0.39 is 0 Å². The molecule has 0 radical (unpaired) electrons. The van der Waals surface area contributed by atoms with E-state index in [4.69, 9.17) is 0 Å². The summed E-state index contributed by atoms with van der Waals surface area (Å²) in [5.41, 5.74) is 1.24. The number of para-hydroxylation sites is 1. The molecule has 0 amide bonds. The van der Waals surface area contributed by atoms with Crippen LogP contribution >= 0.6 is 11.8 Å². The van der Waals surface area contributed by atoms with Gasteiger partial charge in [0.25, 0.3) is 0 Å². The summed E-state index contributed by atoms with van der Waals surface area (Å²) in [6.07, 6.45) is 7.20. The van der Waals surface area contributed by atoms with Gasteiger partial charge in [-0.05, 0) is 25.0 Å². The Bertz CT molecular complexity index is 306. The predicted molar refractivity (Wildman–Crippen MR) is 78.9 cm³/mol. The molecule has 1 aliphatic carbocycles. The maximum Gasteiger partial charge on any atom is 0.0340 e. The lowest BCUT2D eigenvalue weighted by Gasteiger charge is -2.24. The molecular weight excluding hydrogens is 226 g/mol. The van der Waals surface area contributed by atoms with Crippen LogP contribution in [0.2, 0.25) is 0 Å². The molecule has 1 fully saturated rings. The van der Waals surface area contributed by atoms with Gasteiger partial charge in [0.15, 0.2) is 0 Å². The highest BCUT2D eigenvalue weighted by atomic mass is 32.2. The molecule has 2 rings (SSSR count). The molecule has 1 unspecified atom stereocenters. The van der Waals surface area contributed by atoms with Gasteiger partial charge in [0.1, 0.15) is 0 Å². The second-order valence-electron chi connectivity index (χ2n) is 4.95. The van der Waals surface area contributed by atoms with Gasteiger partial charge in [-0.1, -0.05) is 44.4 Å². The molecule has 0 aromatic heterocycles. The fourth-order valence-electron chi connectivity index (χ4n) is 2.40. The lowest BCUT2D eigenvalue weighted by Crippen LogP contribution is -2.18. The quantitative estimate of drug-likeness (QED) is 0.821. The lowest BCUT2D eigenvalue weighted by molar-refractivity contribution is 0.515. The van der Waals surface area contributed by atoms with Gasteiger partial charge in [0.2, 0.25) is 0 Å². The summed E-state index contributed by atoms with van der Waals surface area (Å²) < 4.78 is 0. The van der Waals surface area contributed by atoms with E-state index in [2.05, 4.69) is 54.3 Å². The van der Waals surface area contributed by atoms with Crippen LogP contribution in [0.25, 0.3) is 0 Å². The van der Waals surface area contributed by atoms with E-state index >= 15 is 0 Å². The van der Waals surface area contributed by atoms with E-state index in [0.29, 0.717) is 5.25 Å². The lowest BCUT2D eigenvalue weighted by atomic mass is 10.0. The van der Waals surface area contributed by atoms with E-state index in [-0.39, 0.29) is 0 Å². The average molecular weight is 249 g/mol. The van der Waals surface area contributed by atoms with Gasteiger partial charge in [-0.15, -0.1) is 0 Å². The van der Waals surface area contributed by atoms with Crippen LogP contribution in [0, 0.1) is 0 Å². The van der Waals surface area contributed by atoms with Crippen molar-refractivity contribution in [2.45, 2.75) is 49.5 Å². The Kier molecular flexibility index (Phi) is 5.24. The van der Waals surface area contributed by atoms with Gasteiger partial charge in [0, 0.05) is 22.7 Å². The first kappa shape index (κ1) is 12.8. The van der Waals surface area contributed by atoms with Crippen molar-refractivity contribution < 1.29 is 0 Å². The summed E-state index contributed by atoms with van der Waals surface area (Å²) >= 11 is 2.18. The minimum atomic E-state index is 0.707. The summed E-state index contributed by atoms with van der Waals surface area (Å²) in [7, 11) is 0. The van der Waals surface area contributed by atoms with Crippen LogP contribution in [0.3, 0.4) is 0 Å². The third kappa shape index (κ3) is 4.63. The van der Waals surface area contributed by atoms with E-state index in [1.165, 1.54) is 37.8 Å². The molecule has 1 nitrogen and oxygen atoms in total. The van der Waals surface area contributed by atoms with Crippen molar-refractivity contribution in [3.05, 3.63) is 30.3 Å². The van der Waals surface area contributed by atoms with Gasteiger partial charge >= 0.3 is 0 Å². The van der Waals surface area contributed by atoms with Crippen molar-refractivity contribution in [3.63, 3.8) is 0 Å². The molecule has 0 bridgehead atoms. The molecule has 0 aliphatic heterocycles.